The Hall–Kier alpha value is -1.05. The number of aromatic nitrogens is 3. The van der Waals surface area contributed by atoms with Crippen LogP contribution in [0.2, 0.25) is 0 Å². The smallest absolute Gasteiger partial charge is 0.316 e. The molecule has 5 nitrogen and oxygen atoms in total. The number of hydrogen-bond acceptors (Lipinski definition) is 4. The van der Waals surface area contributed by atoms with Crippen LogP contribution in [0.5, 0.6) is 0 Å². The van der Waals surface area contributed by atoms with Crippen molar-refractivity contribution in [1.29, 1.82) is 0 Å². The van der Waals surface area contributed by atoms with Crippen molar-refractivity contribution >= 4 is 27.7 Å². The van der Waals surface area contributed by atoms with Crippen LogP contribution in [0.25, 0.3) is 0 Å². The Morgan fingerprint density at radius 2 is 2.35 bits per heavy atom. The molecule has 3 rings (SSSR count). The van der Waals surface area contributed by atoms with Gasteiger partial charge in [0.1, 0.15) is 0 Å². The largest absolute Gasteiger partial charge is 0.344 e. The van der Waals surface area contributed by atoms with Crippen molar-refractivity contribution in [2.24, 2.45) is 0 Å². The van der Waals surface area contributed by atoms with Gasteiger partial charge in [0.25, 0.3) is 0 Å². The fourth-order valence-electron chi connectivity index (χ4n) is 2.09. The van der Waals surface area contributed by atoms with Gasteiger partial charge in [0, 0.05) is 22.0 Å². The number of halogens is 1. The zero-order valence-electron chi connectivity index (χ0n) is 11.0. The fourth-order valence-corrected chi connectivity index (χ4v) is 3.52. The van der Waals surface area contributed by atoms with E-state index in [1.807, 2.05) is 13.1 Å². The quantitative estimate of drug-likeness (QED) is 0.865. The normalized spacial score (nSPS) is 14.7. The number of benzene rings is 1. The summed E-state index contributed by atoms with van der Waals surface area (Å²) < 4.78 is 2.82. The van der Waals surface area contributed by atoms with Gasteiger partial charge in [-0.2, -0.15) is 0 Å². The zero-order valence-corrected chi connectivity index (χ0v) is 13.4. The van der Waals surface area contributed by atoms with Gasteiger partial charge in [-0.3, -0.25) is 4.57 Å². The van der Waals surface area contributed by atoms with Crippen molar-refractivity contribution in [3.63, 3.8) is 0 Å². The highest BCUT2D eigenvalue weighted by Gasteiger charge is 2.28. The van der Waals surface area contributed by atoms with E-state index in [0.29, 0.717) is 6.04 Å². The molecular formula is C13H15BrN4OS. The van der Waals surface area contributed by atoms with Crippen molar-refractivity contribution in [2.45, 2.75) is 35.5 Å². The van der Waals surface area contributed by atoms with Crippen LogP contribution in [0, 0.1) is 0 Å². The second kappa shape index (κ2) is 5.75. The Bertz CT molecular complexity index is 677. The van der Waals surface area contributed by atoms with Gasteiger partial charge >= 0.3 is 5.69 Å². The Balaban J connectivity index is 1.93. The number of aromatic amines is 1. The van der Waals surface area contributed by atoms with Gasteiger partial charge in [0.05, 0.1) is 0 Å². The first-order chi connectivity index (χ1) is 9.69. The van der Waals surface area contributed by atoms with Crippen LogP contribution in [0.3, 0.4) is 0 Å². The van der Waals surface area contributed by atoms with Crippen molar-refractivity contribution in [3.8, 4) is 0 Å². The maximum atomic E-state index is 11.8. The molecule has 0 spiro atoms. The molecule has 0 saturated heterocycles. The van der Waals surface area contributed by atoms with Crippen molar-refractivity contribution in [2.75, 3.05) is 7.05 Å². The third-order valence-corrected chi connectivity index (χ3v) is 4.76. The third kappa shape index (κ3) is 2.84. The van der Waals surface area contributed by atoms with Crippen LogP contribution in [0.1, 0.15) is 24.4 Å². The van der Waals surface area contributed by atoms with Crippen molar-refractivity contribution in [3.05, 3.63) is 38.7 Å². The predicted octanol–water partition coefficient (Wildman–Crippen LogP) is 2.54. The minimum Gasteiger partial charge on any atom is -0.316 e. The number of hydrogen-bond donors (Lipinski definition) is 2. The minimum atomic E-state index is -0.109. The maximum Gasteiger partial charge on any atom is 0.344 e. The summed E-state index contributed by atoms with van der Waals surface area (Å²) in [5.74, 6) is 0. The molecular weight excluding hydrogens is 340 g/mol. The maximum absolute atomic E-state index is 11.8. The van der Waals surface area contributed by atoms with Gasteiger partial charge in [0.15, 0.2) is 5.16 Å². The molecule has 0 atom stereocenters. The van der Waals surface area contributed by atoms with E-state index in [1.165, 1.54) is 17.3 Å². The first kappa shape index (κ1) is 13.9. The SMILES string of the molecule is CNCc1cc(Br)ccc1Sc1n[nH]c(=O)n1C1CC1. The van der Waals surface area contributed by atoms with E-state index in [1.54, 1.807) is 4.57 Å². The van der Waals surface area contributed by atoms with Crippen LogP contribution in [-0.2, 0) is 6.54 Å². The molecule has 0 amide bonds. The van der Waals surface area contributed by atoms with Gasteiger partial charge in [-0.15, -0.1) is 5.10 Å². The van der Waals surface area contributed by atoms with Crippen LogP contribution in [0.15, 0.2) is 37.5 Å². The molecule has 1 aromatic carbocycles. The van der Waals surface area contributed by atoms with E-state index in [2.05, 4.69) is 43.6 Å². The highest BCUT2D eigenvalue weighted by Crippen LogP contribution is 2.38. The molecule has 1 heterocycles. The van der Waals surface area contributed by atoms with E-state index >= 15 is 0 Å². The zero-order chi connectivity index (χ0) is 14.1. The highest BCUT2D eigenvalue weighted by atomic mass is 79.9. The van der Waals surface area contributed by atoms with E-state index in [0.717, 1.165) is 33.9 Å². The molecule has 1 saturated carbocycles. The van der Waals surface area contributed by atoms with Crippen LogP contribution in [0.4, 0.5) is 0 Å². The Labute approximate surface area is 129 Å². The molecule has 1 aliphatic carbocycles. The lowest BCUT2D eigenvalue weighted by atomic mass is 10.2. The van der Waals surface area contributed by atoms with Crippen molar-refractivity contribution < 1.29 is 0 Å². The summed E-state index contributed by atoms with van der Waals surface area (Å²) in [6.45, 7) is 0.778. The average molecular weight is 355 g/mol. The Morgan fingerprint density at radius 1 is 1.55 bits per heavy atom. The summed E-state index contributed by atoms with van der Waals surface area (Å²) in [4.78, 5) is 12.9. The molecule has 20 heavy (non-hydrogen) atoms. The lowest BCUT2D eigenvalue weighted by molar-refractivity contribution is 0.642. The summed E-state index contributed by atoms with van der Waals surface area (Å²) in [5.41, 5.74) is 1.08. The molecule has 1 aliphatic rings. The van der Waals surface area contributed by atoms with Crippen LogP contribution >= 0.6 is 27.7 Å². The summed E-state index contributed by atoms with van der Waals surface area (Å²) >= 11 is 5.03. The molecule has 7 heteroatoms. The first-order valence-electron chi connectivity index (χ1n) is 6.47. The highest BCUT2D eigenvalue weighted by molar-refractivity contribution is 9.10. The molecule has 0 bridgehead atoms. The molecule has 2 aromatic rings. The molecule has 0 aliphatic heterocycles. The lowest BCUT2D eigenvalue weighted by Crippen LogP contribution is -2.16. The summed E-state index contributed by atoms with van der Waals surface area (Å²) in [5, 5.41) is 10.6. The Kier molecular flexibility index (Phi) is 4.00. The molecule has 0 unspecified atom stereocenters. The lowest BCUT2D eigenvalue weighted by Gasteiger charge is -2.09. The third-order valence-electron chi connectivity index (χ3n) is 3.18. The van der Waals surface area contributed by atoms with E-state index < -0.39 is 0 Å². The van der Waals surface area contributed by atoms with Crippen LogP contribution in [-0.4, -0.2) is 21.8 Å². The van der Waals surface area contributed by atoms with Gasteiger partial charge in [-0.1, -0.05) is 15.9 Å². The van der Waals surface area contributed by atoms with Gasteiger partial charge < -0.3 is 5.32 Å². The number of rotatable bonds is 5. The monoisotopic (exact) mass is 354 g/mol. The van der Waals surface area contributed by atoms with E-state index in [-0.39, 0.29) is 5.69 Å². The number of nitrogens with zero attached hydrogens (tertiary/aromatic N) is 2. The van der Waals surface area contributed by atoms with E-state index in [4.69, 9.17) is 0 Å². The van der Waals surface area contributed by atoms with Crippen LogP contribution < -0.4 is 11.0 Å². The summed E-state index contributed by atoms with van der Waals surface area (Å²) in [6.07, 6.45) is 2.13. The summed E-state index contributed by atoms with van der Waals surface area (Å²) in [6, 6.07) is 6.48. The second-order valence-corrected chi connectivity index (χ2v) is 6.72. The first-order valence-corrected chi connectivity index (χ1v) is 8.08. The topological polar surface area (TPSA) is 62.7 Å². The molecule has 1 aromatic heterocycles. The van der Waals surface area contributed by atoms with E-state index in [9.17, 15) is 4.79 Å². The molecule has 2 N–H and O–H groups in total. The Morgan fingerprint density at radius 3 is 3.05 bits per heavy atom. The number of nitrogens with one attached hydrogen (secondary N) is 2. The molecule has 0 radical (unpaired) electrons. The minimum absolute atomic E-state index is 0.109. The molecule has 106 valence electrons. The number of H-pyrrole nitrogens is 1. The standard InChI is InChI=1S/C13H15BrN4OS/c1-15-7-8-6-9(14)2-5-11(8)20-13-17-16-12(19)18(13)10-3-4-10/h2,5-6,10,15H,3-4,7H2,1H3,(H,16,19). The van der Waals surface area contributed by atoms with Gasteiger partial charge in [0.2, 0.25) is 0 Å². The molecule has 1 fully saturated rings. The average Bonchev–Trinajstić information content (AvgIpc) is 3.18. The summed E-state index contributed by atoms with van der Waals surface area (Å²) in [7, 11) is 1.92. The van der Waals surface area contributed by atoms with Gasteiger partial charge in [-0.25, -0.2) is 9.89 Å². The second-order valence-electron chi connectivity index (χ2n) is 4.80. The predicted molar refractivity (Wildman–Crippen MR) is 82.1 cm³/mol. The fraction of sp³-hybridized carbons (Fsp3) is 0.385. The van der Waals surface area contributed by atoms with Crippen molar-refractivity contribution in [1.82, 2.24) is 20.1 Å². The van der Waals surface area contributed by atoms with Gasteiger partial charge in [-0.05, 0) is 55.4 Å².